The van der Waals surface area contributed by atoms with Crippen molar-refractivity contribution in [1.82, 2.24) is 15.1 Å². The van der Waals surface area contributed by atoms with Crippen LogP contribution in [0.1, 0.15) is 37.3 Å². The predicted molar refractivity (Wildman–Crippen MR) is 132 cm³/mol. The Bertz CT molecular complexity index is 1040. The second-order valence-electron chi connectivity index (χ2n) is 9.54. The minimum Gasteiger partial charge on any atom is -0.480 e. The molecule has 0 spiro atoms. The van der Waals surface area contributed by atoms with Crippen LogP contribution in [0.2, 0.25) is 0 Å². The van der Waals surface area contributed by atoms with Gasteiger partial charge < -0.3 is 20.1 Å². The summed E-state index contributed by atoms with van der Waals surface area (Å²) in [6.45, 7) is 6.02. The predicted octanol–water partition coefficient (Wildman–Crippen LogP) is 3.17. The molecule has 2 aromatic rings. The molecule has 8 heteroatoms. The number of carbonyl (C=O) groups excluding carboxylic acids is 2. The number of nitrogens with one attached hydrogen (secondary N) is 1. The normalized spacial score (nSPS) is 16.8. The highest BCUT2D eigenvalue weighted by molar-refractivity contribution is 5.86. The fourth-order valence-electron chi connectivity index (χ4n) is 5.02. The zero-order valence-electron chi connectivity index (χ0n) is 20.3. The van der Waals surface area contributed by atoms with Gasteiger partial charge in [-0.2, -0.15) is 0 Å². The average Bonchev–Trinajstić information content (AvgIpc) is 2.97. The number of nitrogens with zero attached hydrogens (tertiary/aromatic N) is 2. The number of benzene rings is 2. The summed E-state index contributed by atoms with van der Waals surface area (Å²) in [5.41, 5.74) is 4.58. The summed E-state index contributed by atoms with van der Waals surface area (Å²) in [5.74, 6) is -1.21. The van der Waals surface area contributed by atoms with E-state index in [0.29, 0.717) is 32.6 Å². The summed E-state index contributed by atoms with van der Waals surface area (Å²) >= 11 is 0. The van der Waals surface area contributed by atoms with E-state index in [1.165, 1.54) is 0 Å². The molecule has 2 N–H and O–H groups in total. The number of rotatable bonds is 7. The largest absolute Gasteiger partial charge is 0.480 e. The topological polar surface area (TPSA) is 99.2 Å². The van der Waals surface area contributed by atoms with Gasteiger partial charge in [-0.15, -0.1) is 0 Å². The molecule has 0 radical (unpaired) electrons. The first-order valence-corrected chi connectivity index (χ1v) is 12.2. The van der Waals surface area contributed by atoms with Gasteiger partial charge in [0, 0.05) is 32.1 Å². The van der Waals surface area contributed by atoms with Crippen molar-refractivity contribution >= 4 is 18.0 Å². The maximum absolute atomic E-state index is 13.3. The molecule has 35 heavy (non-hydrogen) atoms. The first-order valence-electron chi connectivity index (χ1n) is 12.2. The van der Waals surface area contributed by atoms with Gasteiger partial charge in [0.25, 0.3) is 0 Å². The Morgan fingerprint density at radius 1 is 0.971 bits per heavy atom. The van der Waals surface area contributed by atoms with E-state index in [2.05, 4.69) is 29.6 Å². The molecule has 0 aromatic heterocycles. The molecule has 2 aliphatic rings. The summed E-state index contributed by atoms with van der Waals surface area (Å²) in [5, 5.41) is 11.8. The van der Waals surface area contributed by atoms with E-state index in [-0.39, 0.29) is 30.9 Å². The Labute approximate surface area is 205 Å². The van der Waals surface area contributed by atoms with Gasteiger partial charge in [0.2, 0.25) is 5.91 Å². The second kappa shape index (κ2) is 10.9. The van der Waals surface area contributed by atoms with Gasteiger partial charge in [-0.05, 0) is 34.6 Å². The summed E-state index contributed by atoms with van der Waals surface area (Å²) in [6.07, 6.45) is 0.0793. The average molecular weight is 480 g/mol. The van der Waals surface area contributed by atoms with Crippen molar-refractivity contribution < 1.29 is 24.2 Å². The molecule has 2 amide bonds. The van der Waals surface area contributed by atoms with Gasteiger partial charge >= 0.3 is 12.1 Å². The molecule has 1 unspecified atom stereocenters. The number of hydrogen-bond donors (Lipinski definition) is 2. The molecule has 186 valence electrons. The molecule has 0 bridgehead atoms. The lowest BCUT2D eigenvalue weighted by molar-refractivity contribution is -0.138. The molecule has 4 rings (SSSR count). The van der Waals surface area contributed by atoms with Crippen LogP contribution in [0.5, 0.6) is 0 Å². The van der Waals surface area contributed by atoms with E-state index in [9.17, 15) is 14.4 Å². The molecule has 1 aliphatic heterocycles. The fraction of sp³-hybridized carbons (Fsp3) is 0.444. The van der Waals surface area contributed by atoms with E-state index in [0.717, 1.165) is 22.3 Å². The summed E-state index contributed by atoms with van der Waals surface area (Å²) in [7, 11) is 0. The Kier molecular flexibility index (Phi) is 7.70. The van der Waals surface area contributed by atoms with Crippen LogP contribution >= 0.6 is 0 Å². The molecule has 1 fully saturated rings. The van der Waals surface area contributed by atoms with Crippen molar-refractivity contribution in [3.8, 4) is 11.1 Å². The zero-order valence-corrected chi connectivity index (χ0v) is 20.3. The molecular formula is C27H33N3O5. The third-order valence-electron chi connectivity index (χ3n) is 6.81. The van der Waals surface area contributed by atoms with E-state index in [4.69, 9.17) is 9.84 Å². The molecular weight excluding hydrogens is 446 g/mol. The first kappa shape index (κ1) is 24.7. The first-order chi connectivity index (χ1) is 16.8. The van der Waals surface area contributed by atoms with E-state index >= 15 is 0 Å². The van der Waals surface area contributed by atoms with E-state index in [1.54, 1.807) is 4.90 Å². The number of fused-ring (bicyclic) bond motifs is 3. The van der Waals surface area contributed by atoms with Crippen LogP contribution in [0.4, 0.5) is 4.79 Å². The number of alkyl carbamates (subject to hydrolysis) is 1. The van der Waals surface area contributed by atoms with Crippen molar-refractivity contribution in [2.75, 3.05) is 39.3 Å². The van der Waals surface area contributed by atoms with E-state index in [1.807, 2.05) is 43.0 Å². The highest BCUT2D eigenvalue weighted by Crippen LogP contribution is 2.44. The maximum atomic E-state index is 13.3. The van der Waals surface area contributed by atoms with Gasteiger partial charge in [0.15, 0.2) is 0 Å². The summed E-state index contributed by atoms with van der Waals surface area (Å²) < 4.78 is 5.65. The SMILES string of the molecule is CC(C)C(NC(=O)OCC1c2ccccc2-c2ccccc21)C(=O)N1CCCN(CC(=O)O)CC1. The van der Waals surface area contributed by atoms with Gasteiger partial charge in [-0.1, -0.05) is 62.4 Å². The van der Waals surface area contributed by atoms with Gasteiger partial charge in [0.05, 0.1) is 6.54 Å². The van der Waals surface area contributed by atoms with Crippen molar-refractivity contribution in [1.29, 1.82) is 0 Å². The molecule has 1 saturated heterocycles. The summed E-state index contributed by atoms with van der Waals surface area (Å²) in [6, 6.07) is 15.6. The molecule has 8 nitrogen and oxygen atoms in total. The number of amides is 2. The maximum Gasteiger partial charge on any atom is 0.407 e. The Hall–Kier alpha value is -3.39. The fourth-order valence-corrected chi connectivity index (χ4v) is 5.02. The van der Waals surface area contributed by atoms with Crippen LogP contribution < -0.4 is 5.32 Å². The van der Waals surface area contributed by atoms with Gasteiger partial charge in [-0.3, -0.25) is 14.5 Å². The Morgan fingerprint density at radius 2 is 1.60 bits per heavy atom. The smallest absolute Gasteiger partial charge is 0.407 e. The van der Waals surface area contributed by atoms with Crippen LogP contribution in [0.15, 0.2) is 48.5 Å². The van der Waals surface area contributed by atoms with E-state index < -0.39 is 18.1 Å². The number of carboxylic acid groups (broad SMARTS) is 1. The third-order valence-corrected chi connectivity index (χ3v) is 6.81. The zero-order chi connectivity index (χ0) is 24.9. The molecule has 2 aromatic carbocycles. The van der Waals surface area contributed by atoms with Crippen LogP contribution in [-0.4, -0.2) is 78.2 Å². The number of carboxylic acids is 1. The summed E-state index contributed by atoms with van der Waals surface area (Å²) in [4.78, 5) is 40.6. The highest BCUT2D eigenvalue weighted by Gasteiger charge is 2.32. The standard InChI is InChI=1S/C27H33N3O5/c1-18(2)25(26(33)30-13-7-12-29(14-15-30)16-24(31)32)28-27(34)35-17-23-21-10-5-3-8-19(21)20-9-4-6-11-22(20)23/h3-6,8-11,18,23,25H,7,12-17H2,1-2H3,(H,28,34)(H,31,32). The Morgan fingerprint density at radius 3 is 2.20 bits per heavy atom. The van der Waals surface area contributed by atoms with Crippen molar-refractivity contribution in [3.63, 3.8) is 0 Å². The molecule has 0 saturated carbocycles. The Balaban J connectivity index is 1.37. The molecule has 1 aliphatic carbocycles. The van der Waals surface area contributed by atoms with Gasteiger partial charge in [0.1, 0.15) is 12.6 Å². The quantitative estimate of drug-likeness (QED) is 0.633. The minimum atomic E-state index is -0.873. The molecule has 1 heterocycles. The lowest BCUT2D eigenvalue weighted by Gasteiger charge is -2.29. The highest BCUT2D eigenvalue weighted by atomic mass is 16.5. The van der Waals surface area contributed by atoms with Crippen molar-refractivity contribution in [2.24, 2.45) is 5.92 Å². The van der Waals surface area contributed by atoms with Crippen LogP contribution in [0.3, 0.4) is 0 Å². The number of carbonyl (C=O) groups is 3. The van der Waals surface area contributed by atoms with Crippen molar-refractivity contribution in [3.05, 3.63) is 59.7 Å². The molecule has 1 atom stereocenters. The monoisotopic (exact) mass is 479 g/mol. The minimum absolute atomic E-state index is 0.0341. The lowest BCUT2D eigenvalue weighted by atomic mass is 9.98. The van der Waals surface area contributed by atoms with Gasteiger partial charge in [-0.25, -0.2) is 4.79 Å². The van der Waals surface area contributed by atoms with Crippen LogP contribution in [-0.2, 0) is 14.3 Å². The number of hydrogen-bond acceptors (Lipinski definition) is 5. The second-order valence-corrected chi connectivity index (χ2v) is 9.54. The number of aliphatic carboxylic acids is 1. The lowest BCUT2D eigenvalue weighted by Crippen LogP contribution is -2.52. The van der Waals surface area contributed by atoms with Crippen LogP contribution in [0, 0.1) is 5.92 Å². The third kappa shape index (κ3) is 5.65. The van der Waals surface area contributed by atoms with Crippen LogP contribution in [0.25, 0.3) is 11.1 Å². The number of ether oxygens (including phenoxy) is 1. The van der Waals surface area contributed by atoms with Crippen molar-refractivity contribution in [2.45, 2.75) is 32.2 Å².